The van der Waals surface area contributed by atoms with Crippen LogP contribution in [0.1, 0.15) is 28.4 Å². The first-order valence-electron chi connectivity index (χ1n) is 9.88. The number of rotatable bonds is 4. The van der Waals surface area contributed by atoms with Crippen molar-refractivity contribution < 1.29 is 9.90 Å². The summed E-state index contributed by atoms with van der Waals surface area (Å²) in [6, 6.07) is 19.1. The fraction of sp³-hybridized carbons (Fsp3) is 0.0357. The Balaban J connectivity index is 2.16. The molecule has 0 atom stereocenters. The minimum atomic E-state index is 0.00421. The molecule has 0 saturated heterocycles. The molecule has 0 amide bonds. The number of carbonyl (C=O) groups excluding carboxylic acids is 1. The predicted octanol–water partition coefficient (Wildman–Crippen LogP) is 6.90. The molecule has 0 fully saturated rings. The lowest BCUT2D eigenvalue weighted by Gasteiger charge is -2.21. The number of aromatic hydroxyl groups is 1. The van der Waals surface area contributed by atoms with E-state index in [-0.39, 0.29) is 11.5 Å². The first-order chi connectivity index (χ1) is 14.7. The summed E-state index contributed by atoms with van der Waals surface area (Å²) in [7, 11) is 0. The van der Waals surface area contributed by atoms with Crippen LogP contribution in [0, 0.1) is 0 Å². The van der Waals surface area contributed by atoms with Gasteiger partial charge in [0.05, 0.1) is 0 Å². The van der Waals surface area contributed by atoms with Crippen molar-refractivity contribution >= 4 is 27.7 Å². The second-order valence-electron chi connectivity index (χ2n) is 7.07. The molecule has 1 aliphatic carbocycles. The van der Waals surface area contributed by atoms with Crippen molar-refractivity contribution in [2.24, 2.45) is 0 Å². The molecule has 0 spiro atoms. The Labute approximate surface area is 176 Å². The van der Waals surface area contributed by atoms with Crippen LogP contribution in [0.3, 0.4) is 0 Å². The second kappa shape index (κ2) is 8.22. The summed E-state index contributed by atoms with van der Waals surface area (Å²) in [5, 5.41) is 12.1. The standard InChI is InChI=1S/C28H22O2/c1-3-9-19(10-4-2)28(24-15-17-26(29)22-13-7-5-11-20(22)24)25-16-18-27(30)23-14-8-6-12-21(23)25/h3-18,29H,1H2,2H3/b10-4-,19-9+,28-25?. The van der Waals surface area contributed by atoms with Gasteiger partial charge in [0.1, 0.15) is 5.75 Å². The molecule has 3 aromatic rings. The van der Waals surface area contributed by atoms with Crippen LogP contribution in [0.15, 0.2) is 109 Å². The van der Waals surface area contributed by atoms with Crippen molar-refractivity contribution in [3.05, 3.63) is 126 Å². The van der Waals surface area contributed by atoms with Gasteiger partial charge < -0.3 is 5.11 Å². The van der Waals surface area contributed by atoms with Crippen molar-refractivity contribution in [1.82, 2.24) is 0 Å². The minimum absolute atomic E-state index is 0.00421. The summed E-state index contributed by atoms with van der Waals surface area (Å²) in [6.07, 6.45) is 11.3. The summed E-state index contributed by atoms with van der Waals surface area (Å²) in [6.45, 7) is 5.87. The van der Waals surface area contributed by atoms with Gasteiger partial charge in [0.2, 0.25) is 0 Å². The normalized spacial score (nSPS) is 15.5. The molecule has 2 nitrogen and oxygen atoms in total. The maximum atomic E-state index is 12.5. The van der Waals surface area contributed by atoms with E-state index in [0.717, 1.165) is 38.6 Å². The van der Waals surface area contributed by atoms with Crippen molar-refractivity contribution in [1.29, 1.82) is 0 Å². The number of hydrogen-bond acceptors (Lipinski definition) is 2. The highest BCUT2D eigenvalue weighted by molar-refractivity contribution is 6.18. The van der Waals surface area contributed by atoms with Gasteiger partial charge in [-0.3, -0.25) is 4.79 Å². The average molecular weight is 390 g/mol. The molecule has 0 heterocycles. The lowest BCUT2D eigenvalue weighted by molar-refractivity contribution is 0.104. The third-order valence-electron chi connectivity index (χ3n) is 5.26. The number of ketones is 1. The Bertz CT molecular complexity index is 1280. The molecule has 0 saturated carbocycles. The van der Waals surface area contributed by atoms with E-state index in [2.05, 4.69) is 6.58 Å². The number of benzene rings is 3. The third-order valence-corrected chi connectivity index (χ3v) is 5.26. The Kier molecular flexibility index (Phi) is 5.32. The first kappa shape index (κ1) is 19.4. The second-order valence-corrected chi connectivity index (χ2v) is 7.07. The molecule has 0 radical (unpaired) electrons. The summed E-state index contributed by atoms with van der Waals surface area (Å²) in [5.41, 5.74) is 5.50. The molecule has 30 heavy (non-hydrogen) atoms. The molecule has 0 aromatic heterocycles. The average Bonchev–Trinajstić information content (AvgIpc) is 2.77. The highest BCUT2D eigenvalue weighted by Gasteiger charge is 2.22. The zero-order valence-electron chi connectivity index (χ0n) is 16.8. The van der Waals surface area contributed by atoms with Gasteiger partial charge in [-0.1, -0.05) is 85.5 Å². The monoisotopic (exact) mass is 390 g/mol. The summed E-state index contributed by atoms with van der Waals surface area (Å²) in [5.74, 6) is 0.248. The molecule has 0 unspecified atom stereocenters. The van der Waals surface area contributed by atoms with Crippen LogP contribution in [-0.4, -0.2) is 10.9 Å². The Morgan fingerprint density at radius 2 is 1.60 bits per heavy atom. The summed E-state index contributed by atoms with van der Waals surface area (Å²) in [4.78, 5) is 12.5. The SMILES string of the molecule is C=C/C=C(\C=C/C)C(=C1C=CC(=O)c2ccccc21)c1ccc(O)c2ccccc12. The number of carbonyl (C=O) groups is 1. The van der Waals surface area contributed by atoms with Gasteiger partial charge in [0.15, 0.2) is 5.78 Å². The van der Waals surface area contributed by atoms with Crippen LogP contribution >= 0.6 is 0 Å². The first-order valence-corrected chi connectivity index (χ1v) is 9.88. The number of allylic oxidation sites excluding steroid dienone is 9. The molecule has 0 bridgehead atoms. The fourth-order valence-corrected chi connectivity index (χ4v) is 3.98. The number of fused-ring (bicyclic) bond motifs is 2. The molecular weight excluding hydrogens is 368 g/mol. The molecule has 1 N–H and O–H groups in total. The topological polar surface area (TPSA) is 37.3 Å². The largest absolute Gasteiger partial charge is 0.507 e. The van der Waals surface area contributed by atoms with E-state index < -0.39 is 0 Å². The molecule has 2 heteroatoms. The van der Waals surface area contributed by atoms with E-state index in [9.17, 15) is 9.90 Å². The van der Waals surface area contributed by atoms with Gasteiger partial charge in [0, 0.05) is 10.9 Å². The van der Waals surface area contributed by atoms with Crippen LogP contribution in [0.4, 0.5) is 0 Å². The van der Waals surface area contributed by atoms with E-state index >= 15 is 0 Å². The van der Waals surface area contributed by atoms with Crippen molar-refractivity contribution in [3.63, 3.8) is 0 Å². The molecule has 3 aromatic carbocycles. The summed E-state index contributed by atoms with van der Waals surface area (Å²) >= 11 is 0. The van der Waals surface area contributed by atoms with Crippen LogP contribution in [-0.2, 0) is 0 Å². The lowest BCUT2D eigenvalue weighted by Crippen LogP contribution is -2.07. The van der Waals surface area contributed by atoms with E-state index in [1.807, 2.05) is 85.8 Å². The number of phenolic OH excluding ortho intramolecular Hbond substituents is 1. The van der Waals surface area contributed by atoms with Gasteiger partial charge in [-0.05, 0) is 58.4 Å². The minimum Gasteiger partial charge on any atom is -0.507 e. The molecule has 146 valence electrons. The highest BCUT2D eigenvalue weighted by Crippen LogP contribution is 2.41. The van der Waals surface area contributed by atoms with Crippen LogP contribution in [0.5, 0.6) is 5.75 Å². The Morgan fingerprint density at radius 3 is 2.33 bits per heavy atom. The molecule has 4 rings (SSSR count). The number of hydrogen-bond donors (Lipinski definition) is 1. The smallest absolute Gasteiger partial charge is 0.186 e. The molecular formula is C28H22O2. The van der Waals surface area contributed by atoms with Gasteiger partial charge in [-0.15, -0.1) is 0 Å². The van der Waals surface area contributed by atoms with Gasteiger partial charge >= 0.3 is 0 Å². The van der Waals surface area contributed by atoms with Gasteiger partial charge in [-0.2, -0.15) is 0 Å². The van der Waals surface area contributed by atoms with E-state index in [0.29, 0.717) is 5.56 Å². The third kappa shape index (κ3) is 3.33. The highest BCUT2D eigenvalue weighted by atomic mass is 16.3. The van der Waals surface area contributed by atoms with Crippen LogP contribution < -0.4 is 0 Å². The maximum Gasteiger partial charge on any atom is 0.186 e. The van der Waals surface area contributed by atoms with E-state index in [4.69, 9.17) is 0 Å². The quantitative estimate of drug-likeness (QED) is 0.492. The zero-order chi connectivity index (χ0) is 21.1. The summed E-state index contributed by atoms with van der Waals surface area (Å²) < 4.78 is 0. The van der Waals surface area contributed by atoms with Crippen molar-refractivity contribution in [2.45, 2.75) is 6.92 Å². The zero-order valence-corrected chi connectivity index (χ0v) is 16.8. The van der Waals surface area contributed by atoms with E-state index in [1.165, 1.54) is 0 Å². The van der Waals surface area contributed by atoms with Crippen molar-refractivity contribution in [2.75, 3.05) is 0 Å². The molecule has 0 aliphatic heterocycles. The Morgan fingerprint density at radius 1 is 0.900 bits per heavy atom. The maximum absolute atomic E-state index is 12.5. The lowest BCUT2D eigenvalue weighted by atomic mass is 9.82. The Hall–Kier alpha value is -3.91. The van der Waals surface area contributed by atoms with Crippen LogP contribution in [0.2, 0.25) is 0 Å². The van der Waals surface area contributed by atoms with Gasteiger partial charge in [0.25, 0.3) is 0 Å². The van der Waals surface area contributed by atoms with Crippen LogP contribution in [0.25, 0.3) is 21.9 Å². The number of phenols is 1. The van der Waals surface area contributed by atoms with Gasteiger partial charge in [-0.25, -0.2) is 0 Å². The fourth-order valence-electron chi connectivity index (χ4n) is 3.98. The predicted molar refractivity (Wildman–Crippen MR) is 125 cm³/mol. The van der Waals surface area contributed by atoms with Crippen molar-refractivity contribution in [3.8, 4) is 5.75 Å². The molecule has 1 aliphatic rings. The van der Waals surface area contributed by atoms with E-state index in [1.54, 1.807) is 18.2 Å².